The van der Waals surface area contributed by atoms with Crippen LogP contribution in [0.25, 0.3) is 5.82 Å². The molecular formula is C21H24N6O. The van der Waals surface area contributed by atoms with E-state index in [-0.39, 0.29) is 17.9 Å². The molecule has 3 aromatic heterocycles. The smallest absolute Gasteiger partial charge is 0.227 e. The van der Waals surface area contributed by atoms with Crippen LogP contribution in [0, 0.1) is 0 Å². The van der Waals surface area contributed by atoms with Crippen molar-refractivity contribution in [2.45, 2.75) is 45.1 Å². The van der Waals surface area contributed by atoms with E-state index in [0.29, 0.717) is 6.42 Å². The highest BCUT2D eigenvalue weighted by atomic mass is 16.2. The first-order valence-electron chi connectivity index (χ1n) is 9.67. The molecule has 0 unspecified atom stereocenters. The van der Waals surface area contributed by atoms with Crippen molar-refractivity contribution in [2.24, 2.45) is 0 Å². The SMILES string of the molecule is CC(C)c1nccn1-c1cncc([C@@H]2CCCN2C(=O)Cc2ccncc2)n1. The van der Waals surface area contributed by atoms with Crippen molar-refractivity contribution in [2.75, 3.05) is 6.54 Å². The number of pyridine rings is 1. The van der Waals surface area contributed by atoms with Crippen LogP contribution in [0.3, 0.4) is 0 Å². The van der Waals surface area contributed by atoms with Crippen LogP contribution in [-0.2, 0) is 11.2 Å². The topological polar surface area (TPSA) is 76.8 Å². The Bertz CT molecular complexity index is 952. The van der Waals surface area contributed by atoms with Crippen LogP contribution in [0.2, 0.25) is 0 Å². The molecule has 7 nitrogen and oxygen atoms in total. The molecule has 1 fully saturated rings. The monoisotopic (exact) mass is 376 g/mol. The lowest BCUT2D eigenvalue weighted by Gasteiger charge is -2.24. The summed E-state index contributed by atoms with van der Waals surface area (Å²) in [7, 11) is 0. The third kappa shape index (κ3) is 3.65. The molecule has 4 heterocycles. The Morgan fingerprint density at radius 2 is 2.00 bits per heavy atom. The van der Waals surface area contributed by atoms with E-state index in [1.807, 2.05) is 27.8 Å². The fourth-order valence-electron chi connectivity index (χ4n) is 3.73. The van der Waals surface area contributed by atoms with E-state index >= 15 is 0 Å². The molecule has 0 spiro atoms. The molecule has 0 N–H and O–H groups in total. The van der Waals surface area contributed by atoms with Crippen LogP contribution < -0.4 is 0 Å². The van der Waals surface area contributed by atoms with E-state index in [1.54, 1.807) is 31.0 Å². The van der Waals surface area contributed by atoms with E-state index in [4.69, 9.17) is 4.98 Å². The molecule has 1 aliphatic rings. The van der Waals surface area contributed by atoms with Gasteiger partial charge in [-0.15, -0.1) is 0 Å². The largest absolute Gasteiger partial charge is 0.334 e. The summed E-state index contributed by atoms with van der Waals surface area (Å²) >= 11 is 0. The Balaban J connectivity index is 1.58. The molecule has 0 aromatic carbocycles. The van der Waals surface area contributed by atoms with Crippen LogP contribution in [0.4, 0.5) is 0 Å². The Labute approximate surface area is 164 Å². The van der Waals surface area contributed by atoms with Gasteiger partial charge >= 0.3 is 0 Å². The summed E-state index contributed by atoms with van der Waals surface area (Å²) in [6, 6.07) is 3.74. The minimum absolute atomic E-state index is 0.0344. The zero-order valence-corrected chi connectivity index (χ0v) is 16.2. The minimum atomic E-state index is -0.0344. The molecule has 0 saturated carbocycles. The molecule has 3 aromatic rings. The van der Waals surface area contributed by atoms with Gasteiger partial charge < -0.3 is 4.90 Å². The molecule has 0 radical (unpaired) electrons. The number of amides is 1. The molecule has 4 rings (SSSR count). The quantitative estimate of drug-likeness (QED) is 0.684. The summed E-state index contributed by atoms with van der Waals surface area (Å²) in [5.41, 5.74) is 1.81. The Kier molecular flexibility index (Phi) is 5.14. The van der Waals surface area contributed by atoms with E-state index in [9.17, 15) is 4.79 Å². The van der Waals surface area contributed by atoms with Crippen molar-refractivity contribution in [1.29, 1.82) is 0 Å². The van der Waals surface area contributed by atoms with Crippen LogP contribution in [0.5, 0.6) is 0 Å². The molecule has 7 heteroatoms. The lowest BCUT2D eigenvalue weighted by molar-refractivity contribution is -0.131. The van der Waals surface area contributed by atoms with E-state index in [2.05, 4.69) is 28.8 Å². The second-order valence-electron chi connectivity index (χ2n) is 7.39. The summed E-state index contributed by atoms with van der Waals surface area (Å²) < 4.78 is 1.97. The standard InChI is InChI=1S/C21H24N6O/c1-15(2)21-24-9-11-27(21)19-14-23-13-17(25-19)18-4-3-10-26(18)20(28)12-16-5-7-22-8-6-16/h5-9,11,13-15,18H,3-4,10,12H2,1-2H3/t18-/m0/s1. The second-order valence-corrected chi connectivity index (χ2v) is 7.39. The maximum Gasteiger partial charge on any atom is 0.227 e. The molecule has 1 saturated heterocycles. The minimum Gasteiger partial charge on any atom is -0.334 e. The maximum atomic E-state index is 12.9. The van der Waals surface area contributed by atoms with E-state index < -0.39 is 0 Å². The fraction of sp³-hybridized carbons (Fsp3) is 0.381. The summed E-state index contributed by atoms with van der Waals surface area (Å²) in [4.78, 5) is 32.5. The summed E-state index contributed by atoms with van der Waals surface area (Å²) in [6.45, 7) is 4.96. The molecule has 0 aliphatic carbocycles. The molecule has 1 amide bonds. The van der Waals surface area contributed by atoms with Gasteiger partial charge in [0.25, 0.3) is 0 Å². The second kappa shape index (κ2) is 7.88. The van der Waals surface area contributed by atoms with Crippen LogP contribution in [-0.4, -0.2) is 41.9 Å². The molecule has 1 atom stereocenters. The first-order valence-corrected chi connectivity index (χ1v) is 9.67. The molecule has 0 bridgehead atoms. The summed E-state index contributed by atoms with van der Waals surface area (Å²) in [5, 5.41) is 0. The zero-order chi connectivity index (χ0) is 19.5. The lowest BCUT2D eigenvalue weighted by atomic mass is 10.1. The number of carbonyl (C=O) groups is 1. The van der Waals surface area contributed by atoms with Gasteiger partial charge in [0, 0.05) is 37.3 Å². The first-order chi connectivity index (χ1) is 13.6. The van der Waals surface area contributed by atoms with Crippen molar-refractivity contribution in [1.82, 2.24) is 29.4 Å². The number of aromatic nitrogens is 5. The Hall–Kier alpha value is -3.09. The predicted molar refractivity (Wildman–Crippen MR) is 105 cm³/mol. The molecule has 144 valence electrons. The van der Waals surface area contributed by atoms with Gasteiger partial charge in [-0.3, -0.25) is 19.3 Å². The molecule has 1 aliphatic heterocycles. The van der Waals surface area contributed by atoms with Crippen molar-refractivity contribution >= 4 is 5.91 Å². The normalized spacial score (nSPS) is 16.7. The highest BCUT2D eigenvalue weighted by Gasteiger charge is 2.31. The molecule has 28 heavy (non-hydrogen) atoms. The average molecular weight is 376 g/mol. The first kappa shape index (κ1) is 18.3. The van der Waals surface area contributed by atoms with Gasteiger partial charge in [-0.1, -0.05) is 13.8 Å². The van der Waals surface area contributed by atoms with Crippen molar-refractivity contribution < 1.29 is 4.79 Å². The lowest BCUT2D eigenvalue weighted by Crippen LogP contribution is -2.32. The number of hydrogen-bond donors (Lipinski definition) is 0. The summed E-state index contributed by atoms with van der Waals surface area (Å²) in [6.07, 6.45) is 12.9. The third-order valence-electron chi connectivity index (χ3n) is 5.09. The van der Waals surface area contributed by atoms with Gasteiger partial charge in [0.1, 0.15) is 5.82 Å². The van der Waals surface area contributed by atoms with Crippen LogP contribution >= 0.6 is 0 Å². The fourth-order valence-corrected chi connectivity index (χ4v) is 3.73. The van der Waals surface area contributed by atoms with E-state index in [1.165, 1.54) is 0 Å². The van der Waals surface area contributed by atoms with Gasteiger partial charge in [-0.2, -0.15) is 0 Å². The van der Waals surface area contributed by atoms with Crippen molar-refractivity contribution in [3.05, 3.63) is 66.4 Å². The highest BCUT2D eigenvalue weighted by Crippen LogP contribution is 2.31. The predicted octanol–water partition coefficient (Wildman–Crippen LogP) is 3.09. The van der Waals surface area contributed by atoms with Gasteiger partial charge in [0.15, 0.2) is 5.82 Å². The zero-order valence-electron chi connectivity index (χ0n) is 16.2. The highest BCUT2D eigenvalue weighted by molar-refractivity contribution is 5.79. The number of nitrogens with zero attached hydrogens (tertiary/aromatic N) is 6. The number of imidazole rings is 1. The number of hydrogen-bond acceptors (Lipinski definition) is 5. The van der Waals surface area contributed by atoms with Gasteiger partial charge in [-0.25, -0.2) is 9.97 Å². The average Bonchev–Trinajstić information content (AvgIpc) is 3.39. The van der Waals surface area contributed by atoms with Crippen molar-refractivity contribution in [3.8, 4) is 5.82 Å². The van der Waals surface area contributed by atoms with Gasteiger partial charge in [-0.05, 0) is 30.5 Å². The third-order valence-corrected chi connectivity index (χ3v) is 5.09. The number of carbonyl (C=O) groups excluding carboxylic acids is 1. The summed E-state index contributed by atoms with van der Waals surface area (Å²) in [5.74, 6) is 2.09. The Morgan fingerprint density at radius 1 is 1.18 bits per heavy atom. The van der Waals surface area contributed by atoms with E-state index in [0.717, 1.165) is 42.3 Å². The van der Waals surface area contributed by atoms with Gasteiger partial charge in [0.05, 0.1) is 30.6 Å². The van der Waals surface area contributed by atoms with Gasteiger partial charge in [0.2, 0.25) is 5.91 Å². The van der Waals surface area contributed by atoms with Crippen LogP contribution in [0.15, 0.2) is 49.3 Å². The Morgan fingerprint density at radius 3 is 2.79 bits per heavy atom. The molecular weight excluding hydrogens is 352 g/mol. The number of rotatable bonds is 5. The van der Waals surface area contributed by atoms with Crippen LogP contribution in [0.1, 0.15) is 55.7 Å². The maximum absolute atomic E-state index is 12.9. The van der Waals surface area contributed by atoms with Crippen molar-refractivity contribution in [3.63, 3.8) is 0 Å². The number of likely N-dealkylation sites (tertiary alicyclic amines) is 1.